The van der Waals surface area contributed by atoms with Crippen molar-refractivity contribution in [2.45, 2.75) is 60.1 Å². The van der Waals surface area contributed by atoms with Crippen LogP contribution in [-0.2, 0) is 9.59 Å². The molecule has 6 heteroatoms. The van der Waals surface area contributed by atoms with Crippen molar-refractivity contribution in [3.63, 3.8) is 0 Å². The Hall–Kier alpha value is 0.200. The molecule has 4 aliphatic rings. The number of fused-ring (bicyclic) bond motifs is 5. The van der Waals surface area contributed by atoms with Gasteiger partial charge in [0.1, 0.15) is 7.53 Å². The fourth-order valence-electron chi connectivity index (χ4n) is 7.34. The van der Waals surface area contributed by atoms with E-state index in [0.29, 0.717) is 12.8 Å². The van der Waals surface area contributed by atoms with E-state index in [0.717, 1.165) is 18.4 Å². The van der Waals surface area contributed by atoms with Gasteiger partial charge >= 0.3 is 0 Å². The second-order valence-corrected chi connectivity index (χ2v) is 14.7. The van der Waals surface area contributed by atoms with E-state index in [1.54, 1.807) is 12.2 Å². The topological polar surface area (TPSA) is 74.6 Å². The fourth-order valence-corrected chi connectivity index (χ4v) is 8.37. The SMILES string of the molecule is C[C@H]1C[C@@H]2[C@H]([C@@H](O)C[C@@]3(C)[C@H]2CC[C@]3(O)C(=O)C(I)I)[C@@]2(C)C=CC(=O)C=C12. The van der Waals surface area contributed by atoms with Gasteiger partial charge in [-0.2, -0.15) is 0 Å². The van der Waals surface area contributed by atoms with E-state index >= 15 is 0 Å². The molecule has 4 aliphatic carbocycles. The first-order valence-electron chi connectivity index (χ1n) is 10.1. The summed E-state index contributed by atoms with van der Waals surface area (Å²) in [5.41, 5.74) is -1.18. The smallest absolute Gasteiger partial charge is 0.187 e. The Morgan fingerprint density at radius 2 is 2.00 bits per heavy atom. The van der Waals surface area contributed by atoms with Crippen LogP contribution in [-0.4, -0.2) is 35.4 Å². The number of rotatable bonds is 2. The first-order valence-corrected chi connectivity index (χ1v) is 12.6. The first-order chi connectivity index (χ1) is 13.0. The van der Waals surface area contributed by atoms with E-state index in [2.05, 4.69) is 59.0 Å². The maximum atomic E-state index is 13.0. The summed E-state index contributed by atoms with van der Waals surface area (Å²) in [5.74, 6) is 0.624. The highest BCUT2D eigenvalue weighted by molar-refractivity contribution is 14.2. The molecule has 8 atom stereocenters. The Kier molecular flexibility index (Phi) is 5.25. The van der Waals surface area contributed by atoms with Crippen LogP contribution in [0.1, 0.15) is 46.5 Å². The van der Waals surface area contributed by atoms with Crippen LogP contribution in [0.5, 0.6) is 0 Å². The lowest BCUT2D eigenvalue weighted by Crippen LogP contribution is -2.62. The summed E-state index contributed by atoms with van der Waals surface area (Å²) in [6, 6.07) is 0. The van der Waals surface area contributed by atoms with Crippen molar-refractivity contribution >= 4 is 56.7 Å². The maximum Gasteiger partial charge on any atom is 0.187 e. The van der Waals surface area contributed by atoms with Gasteiger partial charge in [-0.25, -0.2) is 0 Å². The van der Waals surface area contributed by atoms with Gasteiger partial charge < -0.3 is 10.2 Å². The number of carbonyl (C=O) groups is 2. The van der Waals surface area contributed by atoms with Crippen LogP contribution in [0, 0.1) is 34.5 Å². The van der Waals surface area contributed by atoms with E-state index < -0.39 is 17.1 Å². The van der Waals surface area contributed by atoms with Crippen LogP contribution >= 0.6 is 45.2 Å². The number of alkyl halides is 2. The molecule has 28 heavy (non-hydrogen) atoms. The molecule has 3 fully saturated rings. The number of hydrogen-bond acceptors (Lipinski definition) is 4. The molecule has 0 aromatic heterocycles. The third-order valence-electron chi connectivity index (χ3n) is 8.57. The van der Waals surface area contributed by atoms with Gasteiger partial charge in [-0.15, -0.1) is 0 Å². The predicted molar refractivity (Wildman–Crippen MR) is 124 cm³/mol. The molecular formula is C22H28I2O4. The minimum Gasteiger partial charge on any atom is -0.393 e. The number of Topliss-reactive ketones (excluding diaryl/α,β-unsaturated/α-hetero) is 1. The predicted octanol–water partition coefficient (Wildman–Crippen LogP) is 4.01. The summed E-state index contributed by atoms with van der Waals surface area (Å²) in [5, 5.41) is 22.9. The summed E-state index contributed by atoms with van der Waals surface area (Å²) in [7, 11) is 0. The maximum absolute atomic E-state index is 13.0. The zero-order valence-electron chi connectivity index (χ0n) is 16.5. The summed E-state index contributed by atoms with van der Waals surface area (Å²) in [6.45, 7) is 6.35. The zero-order chi connectivity index (χ0) is 20.6. The van der Waals surface area contributed by atoms with Crippen molar-refractivity contribution in [3.05, 3.63) is 23.8 Å². The quantitative estimate of drug-likeness (QED) is 0.367. The van der Waals surface area contributed by atoms with E-state index in [-0.39, 0.29) is 42.6 Å². The Bertz CT molecular complexity index is 789. The molecule has 4 rings (SSSR count). The molecule has 4 nitrogen and oxygen atoms in total. The second-order valence-electron chi connectivity index (χ2n) is 9.80. The van der Waals surface area contributed by atoms with E-state index in [9.17, 15) is 19.8 Å². The first kappa shape index (κ1) is 21.4. The van der Waals surface area contributed by atoms with Gasteiger partial charge in [-0.05, 0) is 55.6 Å². The van der Waals surface area contributed by atoms with Crippen LogP contribution in [0.25, 0.3) is 0 Å². The largest absolute Gasteiger partial charge is 0.393 e. The average molecular weight is 610 g/mol. The van der Waals surface area contributed by atoms with Gasteiger partial charge in [0, 0.05) is 16.7 Å². The number of carbonyl (C=O) groups excluding carboxylic acids is 2. The van der Waals surface area contributed by atoms with Crippen molar-refractivity contribution in [1.82, 2.24) is 0 Å². The molecule has 0 bridgehead atoms. The molecule has 0 aromatic carbocycles. The fraction of sp³-hybridized carbons (Fsp3) is 0.727. The van der Waals surface area contributed by atoms with Crippen molar-refractivity contribution in [1.29, 1.82) is 0 Å². The lowest BCUT2D eigenvalue weighted by molar-refractivity contribution is -0.176. The minimum absolute atomic E-state index is 0.0184. The van der Waals surface area contributed by atoms with Crippen molar-refractivity contribution in [2.75, 3.05) is 0 Å². The third kappa shape index (κ3) is 2.72. The van der Waals surface area contributed by atoms with Gasteiger partial charge in [0.2, 0.25) is 0 Å². The van der Waals surface area contributed by atoms with Gasteiger partial charge in [-0.1, -0.05) is 77.6 Å². The van der Waals surface area contributed by atoms with Gasteiger partial charge in [-0.3, -0.25) is 9.59 Å². The molecule has 0 aliphatic heterocycles. The summed E-state index contributed by atoms with van der Waals surface area (Å²) in [4.78, 5) is 25.0. The Morgan fingerprint density at radius 1 is 1.32 bits per heavy atom. The van der Waals surface area contributed by atoms with Crippen molar-refractivity contribution < 1.29 is 19.8 Å². The number of hydrogen-bond donors (Lipinski definition) is 2. The number of aliphatic hydroxyl groups excluding tert-OH is 1. The highest BCUT2D eigenvalue weighted by atomic mass is 127. The number of halogens is 2. The number of allylic oxidation sites excluding steroid dienone is 4. The highest BCUT2D eigenvalue weighted by Crippen LogP contribution is 2.68. The summed E-state index contributed by atoms with van der Waals surface area (Å²) < 4.78 is -0.282. The van der Waals surface area contributed by atoms with Gasteiger partial charge in [0.25, 0.3) is 0 Å². The van der Waals surface area contributed by atoms with Crippen LogP contribution in [0.3, 0.4) is 0 Å². The summed E-state index contributed by atoms with van der Waals surface area (Å²) in [6.07, 6.45) is 7.43. The molecule has 0 heterocycles. The molecule has 0 saturated heterocycles. The third-order valence-corrected chi connectivity index (χ3v) is 9.71. The molecule has 0 spiro atoms. The molecule has 154 valence electrons. The van der Waals surface area contributed by atoms with E-state index in [1.165, 1.54) is 0 Å². The molecule has 0 amide bonds. The molecule has 0 unspecified atom stereocenters. The normalized spacial score (nSPS) is 50.1. The zero-order valence-corrected chi connectivity index (χ0v) is 20.8. The van der Waals surface area contributed by atoms with Crippen LogP contribution in [0.15, 0.2) is 23.8 Å². The Balaban J connectivity index is 1.77. The van der Waals surface area contributed by atoms with E-state index in [1.807, 2.05) is 13.0 Å². The standard InChI is InChI=1S/C22H28I2O4/c1-11-8-13-14-5-7-22(28,18(27)19(23)24)21(14,3)10-16(26)17(13)20(2)6-4-12(25)9-15(11)20/h4,6,9,11,13-14,16-17,19,26,28H,5,7-8,10H2,1-3H3/t11-,13-,14-,16-,17+,20-,21-,22-/m0/s1. The highest BCUT2D eigenvalue weighted by Gasteiger charge is 2.68. The van der Waals surface area contributed by atoms with Crippen LogP contribution in [0.2, 0.25) is 0 Å². The van der Waals surface area contributed by atoms with Gasteiger partial charge in [0.05, 0.1) is 6.10 Å². The lowest BCUT2D eigenvalue weighted by Gasteiger charge is -2.60. The second kappa shape index (κ2) is 6.85. The molecule has 0 radical (unpaired) electrons. The lowest BCUT2D eigenvalue weighted by atomic mass is 9.45. The number of aliphatic hydroxyl groups is 2. The van der Waals surface area contributed by atoms with Gasteiger partial charge in [0.15, 0.2) is 11.6 Å². The van der Waals surface area contributed by atoms with Crippen LogP contribution in [0.4, 0.5) is 0 Å². The monoisotopic (exact) mass is 610 g/mol. The molecule has 0 aromatic rings. The van der Waals surface area contributed by atoms with E-state index in [4.69, 9.17) is 0 Å². The Labute approximate surface area is 193 Å². The molecular weight excluding hydrogens is 582 g/mol. The Morgan fingerprint density at radius 3 is 2.64 bits per heavy atom. The molecule has 2 N–H and O–H groups in total. The molecule has 3 saturated carbocycles. The number of ketones is 2. The average Bonchev–Trinajstić information content (AvgIpc) is 2.87. The minimum atomic E-state index is -1.37. The van der Waals surface area contributed by atoms with Crippen LogP contribution < -0.4 is 0 Å². The van der Waals surface area contributed by atoms with Crippen molar-refractivity contribution in [2.24, 2.45) is 34.5 Å². The summed E-state index contributed by atoms with van der Waals surface area (Å²) >= 11 is 4.16. The van der Waals surface area contributed by atoms with Crippen molar-refractivity contribution in [3.8, 4) is 0 Å².